The van der Waals surface area contributed by atoms with Gasteiger partial charge in [-0.1, -0.05) is 0 Å². The van der Waals surface area contributed by atoms with E-state index in [1.807, 2.05) is 25.2 Å². The second-order valence-corrected chi connectivity index (χ2v) is 5.90. The van der Waals surface area contributed by atoms with Gasteiger partial charge in [-0.3, -0.25) is 0 Å². The van der Waals surface area contributed by atoms with E-state index in [-0.39, 0.29) is 0 Å². The highest BCUT2D eigenvalue weighted by Gasteiger charge is 2.22. The van der Waals surface area contributed by atoms with Gasteiger partial charge in [-0.25, -0.2) is 4.98 Å². The molecule has 0 spiro atoms. The molecule has 19 heavy (non-hydrogen) atoms. The van der Waals surface area contributed by atoms with Gasteiger partial charge in [0, 0.05) is 26.7 Å². The summed E-state index contributed by atoms with van der Waals surface area (Å²) in [6.07, 6.45) is 4.56. The molecule has 0 saturated carbocycles. The highest BCUT2D eigenvalue weighted by molar-refractivity contribution is 5.48. The first kappa shape index (κ1) is 14.1. The van der Waals surface area contributed by atoms with Crippen LogP contribution in [0, 0.1) is 5.92 Å². The number of pyridine rings is 1. The van der Waals surface area contributed by atoms with Crippen LogP contribution >= 0.6 is 0 Å². The summed E-state index contributed by atoms with van der Waals surface area (Å²) in [5, 5.41) is 3.59. The molecule has 2 heterocycles. The fourth-order valence-electron chi connectivity index (χ4n) is 2.73. The summed E-state index contributed by atoms with van der Waals surface area (Å²) in [5.74, 6) is 1.72. The van der Waals surface area contributed by atoms with Crippen molar-refractivity contribution in [2.45, 2.75) is 25.8 Å². The molecular formula is C15H26N4. The summed E-state index contributed by atoms with van der Waals surface area (Å²) in [6.45, 7) is 4.71. The van der Waals surface area contributed by atoms with E-state index in [1.54, 1.807) is 0 Å². The van der Waals surface area contributed by atoms with Crippen molar-refractivity contribution in [2.24, 2.45) is 5.92 Å². The Morgan fingerprint density at radius 3 is 2.79 bits per heavy atom. The Morgan fingerprint density at radius 1 is 1.42 bits per heavy atom. The van der Waals surface area contributed by atoms with Gasteiger partial charge in [-0.2, -0.15) is 0 Å². The molecule has 4 nitrogen and oxygen atoms in total. The highest BCUT2D eigenvalue weighted by Crippen LogP contribution is 2.22. The molecule has 1 fully saturated rings. The Hall–Kier alpha value is -1.29. The fraction of sp³-hybridized carbons (Fsp3) is 0.667. The molecule has 1 aromatic rings. The molecular weight excluding hydrogens is 236 g/mol. The van der Waals surface area contributed by atoms with Crippen molar-refractivity contribution in [1.82, 2.24) is 9.88 Å². The topological polar surface area (TPSA) is 31.4 Å². The SMILES string of the molecule is CC(Nc1ccc(N(C)C)nc1)C1CCCN(C)C1. The Kier molecular flexibility index (Phi) is 4.64. The zero-order chi connectivity index (χ0) is 13.8. The number of hydrogen-bond acceptors (Lipinski definition) is 4. The highest BCUT2D eigenvalue weighted by atomic mass is 15.1. The minimum atomic E-state index is 0.495. The summed E-state index contributed by atoms with van der Waals surface area (Å²) in [5.41, 5.74) is 1.12. The van der Waals surface area contributed by atoms with Gasteiger partial charge in [-0.15, -0.1) is 0 Å². The van der Waals surface area contributed by atoms with E-state index in [9.17, 15) is 0 Å². The first-order valence-electron chi connectivity index (χ1n) is 7.14. The van der Waals surface area contributed by atoms with Crippen LogP contribution in [0.15, 0.2) is 18.3 Å². The number of rotatable bonds is 4. The predicted molar refractivity (Wildman–Crippen MR) is 81.9 cm³/mol. The Morgan fingerprint density at radius 2 is 2.21 bits per heavy atom. The molecule has 0 radical (unpaired) electrons. The molecule has 1 N–H and O–H groups in total. The zero-order valence-corrected chi connectivity index (χ0v) is 12.6. The zero-order valence-electron chi connectivity index (χ0n) is 12.6. The van der Waals surface area contributed by atoms with Gasteiger partial charge in [0.25, 0.3) is 0 Å². The molecule has 1 aromatic heterocycles. The van der Waals surface area contributed by atoms with Crippen molar-refractivity contribution in [1.29, 1.82) is 0 Å². The van der Waals surface area contributed by atoms with Crippen LogP contribution in [0.3, 0.4) is 0 Å². The maximum Gasteiger partial charge on any atom is 0.128 e. The first-order valence-corrected chi connectivity index (χ1v) is 7.14. The molecule has 0 aliphatic carbocycles. The Labute approximate surface area is 116 Å². The molecule has 0 amide bonds. The number of aromatic nitrogens is 1. The molecule has 1 aliphatic heterocycles. The van der Waals surface area contributed by atoms with Crippen LogP contribution in [0.5, 0.6) is 0 Å². The predicted octanol–water partition coefficient (Wildman–Crippen LogP) is 2.29. The van der Waals surface area contributed by atoms with E-state index in [0.29, 0.717) is 6.04 Å². The van der Waals surface area contributed by atoms with Crippen LogP contribution in [-0.4, -0.2) is 50.2 Å². The van der Waals surface area contributed by atoms with Crippen molar-refractivity contribution in [3.63, 3.8) is 0 Å². The number of likely N-dealkylation sites (tertiary alicyclic amines) is 1. The van der Waals surface area contributed by atoms with Gasteiger partial charge in [0.05, 0.1) is 11.9 Å². The van der Waals surface area contributed by atoms with Crippen LogP contribution in [0.4, 0.5) is 11.5 Å². The lowest BCUT2D eigenvalue weighted by atomic mass is 9.92. The molecule has 2 rings (SSSR count). The van der Waals surface area contributed by atoms with E-state index < -0.39 is 0 Å². The first-order chi connectivity index (χ1) is 9.06. The quantitative estimate of drug-likeness (QED) is 0.902. The third-order valence-electron chi connectivity index (χ3n) is 3.97. The number of hydrogen-bond donors (Lipinski definition) is 1. The third kappa shape index (κ3) is 3.83. The minimum Gasteiger partial charge on any atom is -0.381 e. The van der Waals surface area contributed by atoms with Gasteiger partial charge < -0.3 is 15.1 Å². The van der Waals surface area contributed by atoms with Crippen molar-refractivity contribution < 1.29 is 0 Å². The lowest BCUT2D eigenvalue weighted by Crippen LogP contribution is -2.39. The van der Waals surface area contributed by atoms with Gasteiger partial charge in [0.1, 0.15) is 5.82 Å². The largest absolute Gasteiger partial charge is 0.381 e. The maximum atomic E-state index is 4.44. The van der Waals surface area contributed by atoms with E-state index in [1.165, 1.54) is 25.9 Å². The van der Waals surface area contributed by atoms with Crippen LogP contribution in [-0.2, 0) is 0 Å². The second kappa shape index (κ2) is 6.24. The van der Waals surface area contributed by atoms with Gasteiger partial charge in [0.15, 0.2) is 0 Å². The maximum absolute atomic E-state index is 4.44. The van der Waals surface area contributed by atoms with Crippen LogP contribution in [0.2, 0.25) is 0 Å². The Balaban J connectivity index is 1.92. The molecule has 1 aliphatic rings. The van der Waals surface area contributed by atoms with Crippen molar-refractivity contribution in [3.05, 3.63) is 18.3 Å². The van der Waals surface area contributed by atoms with Crippen LogP contribution in [0.1, 0.15) is 19.8 Å². The lowest BCUT2D eigenvalue weighted by Gasteiger charge is -2.34. The van der Waals surface area contributed by atoms with Crippen molar-refractivity contribution in [2.75, 3.05) is 44.4 Å². The average molecular weight is 262 g/mol. The fourth-order valence-corrected chi connectivity index (χ4v) is 2.73. The van der Waals surface area contributed by atoms with E-state index in [4.69, 9.17) is 0 Å². The normalized spacial score (nSPS) is 22.0. The lowest BCUT2D eigenvalue weighted by molar-refractivity contribution is 0.197. The average Bonchev–Trinajstić information content (AvgIpc) is 2.39. The minimum absolute atomic E-state index is 0.495. The van der Waals surface area contributed by atoms with Gasteiger partial charge >= 0.3 is 0 Å². The molecule has 2 unspecified atom stereocenters. The Bertz CT molecular complexity index is 388. The van der Waals surface area contributed by atoms with Crippen LogP contribution in [0.25, 0.3) is 0 Å². The van der Waals surface area contributed by atoms with E-state index >= 15 is 0 Å². The van der Waals surface area contributed by atoms with E-state index in [0.717, 1.165) is 17.4 Å². The standard InChI is InChI=1S/C15H26N4/c1-12(13-6-5-9-19(4)11-13)17-14-7-8-15(16-10-14)18(2)3/h7-8,10,12-13,17H,5-6,9,11H2,1-4H3. The third-order valence-corrected chi connectivity index (χ3v) is 3.97. The van der Waals surface area contributed by atoms with Crippen molar-refractivity contribution >= 4 is 11.5 Å². The summed E-state index contributed by atoms with van der Waals surface area (Å²) in [4.78, 5) is 8.89. The molecule has 106 valence electrons. The number of nitrogens with one attached hydrogen (secondary N) is 1. The summed E-state index contributed by atoms with van der Waals surface area (Å²) in [6, 6.07) is 4.67. The van der Waals surface area contributed by atoms with Crippen molar-refractivity contribution in [3.8, 4) is 0 Å². The summed E-state index contributed by atoms with van der Waals surface area (Å²) >= 11 is 0. The van der Waals surface area contributed by atoms with Gasteiger partial charge in [-0.05, 0) is 51.4 Å². The summed E-state index contributed by atoms with van der Waals surface area (Å²) < 4.78 is 0. The smallest absolute Gasteiger partial charge is 0.128 e. The molecule has 4 heteroatoms. The number of anilines is 2. The monoisotopic (exact) mass is 262 g/mol. The second-order valence-electron chi connectivity index (χ2n) is 5.90. The summed E-state index contributed by atoms with van der Waals surface area (Å²) in [7, 11) is 6.23. The number of nitrogens with zero attached hydrogens (tertiary/aromatic N) is 3. The molecule has 0 bridgehead atoms. The van der Waals surface area contributed by atoms with Crippen LogP contribution < -0.4 is 10.2 Å². The molecule has 1 saturated heterocycles. The molecule has 0 aromatic carbocycles. The van der Waals surface area contributed by atoms with Gasteiger partial charge in [0.2, 0.25) is 0 Å². The van der Waals surface area contributed by atoms with E-state index in [2.05, 4.69) is 41.3 Å². The molecule has 2 atom stereocenters. The number of piperidine rings is 1.